The van der Waals surface area contributed by atoms with E-state index < -0.39 is 0 Å². The van der Waals surface area contributed by atoms with E-state index >= 15 is 0 Å². The average molecular weight is 437 g/mol. The van der Waals surface area contributed by atoms with Gasteiger partial charge in [0.15, 0.2) is 11.5 Å². The van der Waals surface area contributed by atoms with E-state index in [4.69, 9.17) is 21.1 Å². The summed E-state index contributed by atoms with van der Waals surface area (Å²) in [5.41, 5.74) is 1.37. The van der Waals surface area contributed by atoms with Crippen molar-refractivity contribution in [2.24, 2.45) is 0 Å². The molecule has 2 nitrogen and oxygen atoms in total. The van der Waals surface area contributed by atoms with E-state index in [1.807, 2.05) is 12.1 Å². The third-order valence-corrected chi connectivity index (χ3v) is 5.08. The van der Waals surface area contributed by atoms with E-state index in [0.29, 0.717) is 35.3 Å². The van der Waals surface area contributed by atoms with Crippen LogP contribution in [0.3, 0.4) is 0 Å². The molecule has 1 heterocycles. The topological polar surface area (TPSA) is 18.5 Å². The van der Waals surface area contributed by atoms with Gasteiger partial charge < -0.3 is 9.47 Å². The molecular formula is C15H10Br2ClFO2. The molecule has 0 bridgehead atoms. The first kappa shape index (κ1) is 15.1. The zero-order valence-corrected chi connectivity index (χ0v) is 14.6. The number of rotatable bonds is 2. The molecule has 0 saturated carbocycles. The van der Waals surface area contributed by atoms with Crippen molar-refractivity contribution in [2.75, 3.05) is 13.2 Å². The maximum absolute atomic E-state index is 14.1. The minimum atomic E-state index is -0.355. The summed E-state index contributed by atoms with van der Waals surface area (Å²) < 4.78 is 26.0. The fourth-order valence-corrected chi connectivity index (χ4v) is 3.92. The van der Waals surface area contributed by atoms with Crippen LogP contribution in [0, 0.1) is 5.82 Å². The lowest BCUT2D eigenvalue weighted by atomic mass is 10.0. The molecule has 2 aromatic rings. The van der Waals surface area contributed by atoms with Gasteiger partial charge in [0.05, 0.1) is 4.83 Å². The Morgan fingerprint density at radius 3 is 2.38 bits per heavy atom. The molecule has 0 aliphatic carbocycles. The molecular weight excluding hydrogens is 426 g/mol. The van der Waals surface area contributed by atoms with Crippen molar-refractivity contribution >= 4 is 43.5 Å². The van der Waals surface area contributed by atoms with Gasteiger partial charge in [0.1, 0.15) is 19.0 Å². The highest BCUT2D eigenvalue weighted by molar-refractivity contribution is 9.11. The van der Waals surface area contributed by atoms with Crippen molar-refractivity contribution in [1.82, 2.24) is 0 Å². The van der Waals surface area contributed by atoms with Crippen LogP contribution in [0.2, 0.25) is 5.02 Å². The number of ether oxygens (including phenoxy) is 2. The third-order valence-electron chi connectivity index (χ3n) is 3.17. The second-order valence-corrected chi connectivity index (χ2v) is 6.75. The van der Waals surface area contributed by atoms with Gasteiger partial charge in [-0.3, -0.25) is 0 Å². The molecule has 1 unspecified atom stereocenters. The molecule has 110 valence electrons. The van der Waals surface area contributed by atoms with E-state index in [1.54, 1.807) is 12.1 Å². The highest BCUT2D eigenvalue weighted by Gasteiger charge is 2.22. The Balaban J connectivity index is 2.03. The Hall–Kier alpha value is -0.780. The summed E-state index contributed by atoms with van der Waals surface area (Å²) in [4.78, 5) is -0.319. The van der Waals surface area contributed by atoms with Crippen LogP contribution in [-0.2, 0) is 0 Å². The molecule has 0 amide bonds. The number of hydrogen-bond acceptors (Lipinski definition) is 2. The van der Waals surface area contributed by atoms with Gasteiger partial charge in [-0.25, -0.2) is 4.39 Å². The van der Waals surface area contributed by atoms with Gasteiger partial charge in [-0.05, 0) is 29.8 Å². The largest absolute Gasteiger partial charge is 0.486 e. The first-order valence-electron chi connectivity index (χ1n) is 6.24. The van der Waals surface area contributed by atoms with Crippen molar-refractivity contribution in [3.05, 3.63) is 56.8 Å². The van der Waals surface area contributed by atoms with Gasteiger partial charge in [0, 0.05) is 15.1 Å². The van der Waals surface area contributed by atoms with Gasteiger partial charge in [0.25, 0.3) is 0 Å². The van der Waals surface area contributed by atoms with Gasteiger partial charge >= 0.3 is 0 Å². The van der Waals surface area contributed by atoms with E-state index in [-0.39, 0.29) is 10.6 Å². The summed E-state index contributed by atoms with van der Waals surface area (Å²) in [6.45, 7) is 1.04. The normalized spacial score (nSPS) is 14.9. The summed E-state index contributed by atoms with van der Waals surface area (Å²) in [7, 11) is 0. The molecule has 0 radical (unpaired) electrons. The number of fused-ring (bicyclic) bond motifs is 1. The van der Waals surface area contributed by atoms with E-state index in [1.165, 1.54) is 6.07 Å². The van der Waals surface area contributed by atoms with Crippen LogP contribution in [0.1, 0.15) is 16.0 Å². The zero-order chi connectivity index (χ0) is 15.0. The van der Waals surface area contributed by atoms with Crippen LogP contribution >= 0.6 is 43.5 Å². The quantitative estimate of drug-likeness (QED) is 0.579. The SMILES string of the molecule is Fc1cc(Cl)ccc1C(Br)c1cc2c(cc1Br)OCCO2. The monoisotopic (exact) mass is 434 g/mol. The van der Waals surface area contributed by atoms with Crippen LogP contribution in [0.5, 0.6) is 11.5 Å². The molecule has 0 N–H and O–H groups in total. The predicted octanol–water partition coefficient (Wildman–Crippen LogP) is 5.50. The van der Waals surface area contributed by atoms with Crippen molar-refractivity contribution in [3.8, 4) is 11.5 Å². The number of alkyl halides is 1. The minimum Gasteiger partial charge on any atom is -0.486 e. The maximum atomic E-state index is 14.1. The van der Waals surface area contributed by atoms with Crippen molar-refractivity contribution in [1.29, 1.82) is 0 Å². The molecule has 3 rings (SSSR count). The minimum absolute atomic E-state index is 0.319. The number of benzene rings is 2. The average Bonchev–Trinajstić information content (AvgIpc) is 2.46. The third kappa shape index (κ3) is 3.05. The molecule has 0 saturated heterocycles. The molecule has 1 aliphatic rings. The Bertz CT molecular complexity index is 694. The summed E-state index contributed by atoms with van der Waals surface area (Å²) >= 11 is 12.8. The molecule has 0 fully saturated rings. The van der Waals surface area contributed by atoms with Gasteiger partial charge in [-0.15, -0.1) is 0 Å². The van der Waals surface area contributed by atoms with Crippen LogP contribution < -0.4 is 9.47 Å². The summed E-state index contributed by atoms with van der Waals surface area (Å²) in [6.07, 6.45) is 0. The van der Waals surface area contributed by atoms with Crippen molar-refractivity contribution in [3.63, 3.8) is 0 Å². The molecule has 0 aromatic heterocycles. The highest BCUT2D eigenvalue weighted by Crippen LogP contribution is 2.43. The molecule has 1 aliphatic heterocycles. The fraction of sp³-hybridized carbons (Fsp3) is 0.200. The Morgan fingerprint density at radius 2 is 1.71 bits per heavy atom. The molecule has 21 heavy (non-hydrogen) atoms. The standard InChI is InChI=1S/C15H10Br2ClFO2/c16-11-7-14-13(20-3-4-21-14)6-10(11)15(17)9-2-1-8(18)5-12(9)19/h1-2,5-7,15H,3-4H2. The van der Waals surface area contributed by atoms with Crippen LogP contribution in [0.4, 0.5) is 4.39 Å². The smallest absolute Gasteiger partial charge is 0.162 e. The van der Waals surface area contributed by atoms with Crippen molar-refractivity contribution in [2.45, 2.75) is 4.83 Å². The first-order chi connectivity index (χ1) is 10.1. The molecule has 1 atom stereocenters. The molecule has 2 aromatic carbocycles. The Morgan fingerprint density at radius 1 is 1.05 bits per heavy atom. The number of hydrogen-bond donors (Lipinski definition) is 0. The number of halogens is 4. The van der Waals surface area contributed by atoms with E-state index in [9.17, 15) is 4.39 Å². The zero-order valence-electron chi connectivity index (χ0n) is 10.7. The summed E-state index contributed by atoms with van der Waals surface area (Å²) in [5, 5.41) is 0.372. The Labute approximate surface area is 143 Å². The lowest BCUT2D eigenvalue weighted by Crippen LogP contribution is -2.15. The van der Waals surface area contributed by atoms with E-state index in [0.717, 1.165) is 10.0 Å². The van der Waals surface area contributed by atoms with Gasteiger partial charge in [0.2, 0.25) is 0 Å². The second-order valence-electron chi connectivity index (χ2n) is 4.55. The lowest BCUT2D eigenvalue weighted by molar-refractivity contribution is 0.171. The molecule has 0 spiro atoms. The van der Waals surface area contributed by atoms with Gasteiger partial charge in [-0.2, -0.15) is 0 Å². The lowest BCUT2D eigenvalue weighted by Gasteiger charge is -2.21. The van der Waals surface area contributed by atoms with Crippen LogP contribution in [0.15, 0.2) is 34.8 Å². The van der Waals surface area contributed by atoms with Crippen LogP contribution in [0.25, 0.3) is 0 Å². The van der Waals surface area contributed by atoms with Crippen molar-refractivity contribution < 1.29 is 13.9 Å². The second kappa shape index (κ2) is 6.15. The predicted molar refractivity (Wildman–Crippen MR) is 87.3 cm³/mol. The van der Waals surface area contributed by atoms with Gasteiger partial charge in [-0.1, -0.05) is 49.5 Å². The summed E-state index contributed by atoms with van der Waals surface area (Å²) in [6, 6.07) is 8.33. The maximum Gasteiger partial charge on any atom is 0.162 e. The fourth-order valence-electron chi connectivity index (χ4n) is 2.15. The Kier molecular flexibility index (Phi) is 4.43. The summed E-state index contributed by atoms with van der Waals surface area (Å²) in [5.74, 6) is 0.998. The van der Waals surface area contributed by atoms with Crippen LogP contribution in [-0.4, -0.2) is 13.2 Å². The first-order valence-corrected chi connectivity index (χ1v) is 8.33. The van der Waals surface area contributed by atoms with E-state index in [2.05, 4.69) is 31.9 Å². The highest BCUT2D eigenvalue weighted by atomic mass is 79.9. The molecule has 6 heteroatoms.